The van der Waals surface area contributed by atoms with Crippen LogP contribution in [0.5, 0.6) is 0 Å². The van der Waals surface area contributed by atoms with E-state index in [2.05, 4.69) is 10.2 Å². The van der Waals surface area contributed by atoms with Crippen LogP contribution in [0, 0.1) is 0 Å². The lowest BCUT2D eigenvalue weighted by Crippen LogP contribution is -2.44. The highest BCUT2D eigenvalue weighted by atomic mass is 16.4. The average molecular weight is 298 g/mol. The van der Waals surface area contributed by atoms with Gasteiger partial charge < -0.3 is 20.2 Å². The van der Waals surface area contributed by atoms with Crippen LogP contribution in [0.15, 0.2) is 0 Å². The maximum absolute atomic E-state index is 12.1. The zero-order valence-corrected chi connectivity index (χ0v) is 12.6. The number of likely N-dealkylation sites (tertiary alicyclic amines) is 1. The molecule has 21 heavy (non-hydrogen) atoms. The molecule has 0 aromatic carbocycles. The second kappa shape index (κ2) is 8.19. The van der Waals surface area contributed by atoms with Crippen molar-refractivity contribution in [3.63, 3.8) is 0 Å². The van der Waals surface area contributed by atoms with Crippen molar-refractivity contribution < 1.29 is 14.7 Å². The smallest absolute Gasteiger partial charge is 0.317 e. The third-order valence-electron chi connectivity index (χ3n) is 4.14. The van der Waals surface area contributed by atoms with Gasteiger partial charge in [0.1, 0.15) is 0 Å². The molecule has 2 aliphatic rings. The number of urea groups is 1. The van der Waals surface area contributed by atoms with E-state index >= 15 is 0 Å². The van der Waals surface area contributed by atoms with Crippen LogP contribution in [-0.4, -0.2) is 90.7 Å². The van der Waals surface area contributed by atoms with Crippen molar-refractivity contribution >= 4 is 12.0 Å². The van der Waals surface area contributed by atoms with E-state index in [1.54, 1.807) is 4.90 Å². The third-order valence-corrected chi connectivity index (χ3v) is 4.14. The Morgan fingerprint density at radius 3 is 2.33 bits per heavy atom. The third kappa shape index (κ3) is 5.51. The molecule has 0 aliphatic carbocycles. The quantitative estimate of drug-likeness (QED) is 0.740. The molecule has 2 saturated heterocycles. The zero-order chi connectivity index (χ0) is 15.1. The van der Waals surface area contributed by atoms with Gasteiger partial charge in [-0.3, -0.25) is 9.69 Å². The molecule has 0 saturated carbocycles. The second-order valence-corrected chi connectivity index (χ2v) is 5.79. The normalized spacial score (nSPS) is 21.2. The molecular formula is C14H26N4O3. The van der Waals surface area contributed by atoms with Gasteiger partial charge in [0.2, 0.25) is 0 Å². The van der Waals surface area contributed by atoms with Crippen molar-refractivity contribution in [2.75, 3.05) is 58.9 Å². The summed E-state index contributed by atoms with van der Waals surface area (Å²) in [4.78, 5) is 28.9. The first-order valence-electron chi connectivity index (χ1n) is 7.84. The van der Waals surface area contributed by atoms with Gasteiger partial charge in [-0.15, -0.1) is 0 Å². The molecule has 0 radical (unpaired) electrons. The number of carbonyl (C=O) groups excluding carboxylic acids is 1. The lowest BCUT2D eigenvalue weighted by Gasteiger charge is -2.22. The molecule has 0 atom stereocenters. The largest absolute Gasteiger partial charge is 0.480 e. The fourth-order valence-corrected chi connectivity index (χ4v) is 2.96. The molecule has 0 unspecified atom stereocenters. The van der Waals surface area contributed by atoms with Crippen molar-refractivity contribution in [1.82, 2.24) is 20.0 Å². The summed E-state index contributed by atoms with van der Waals surface area (Å²) in [6.45, 7) is 6.63. The number of amides is 2. The van der Waals surface area contributed by atoms with Crippen LogP contribution in [0.2, 0.25) is 0 Å². The number of hydrogen-bond acceptors (Lipinski definition) is 4. The monoisotopic (exact) mass is 298 g/mol. The van der Waals surface area contributed by atoms with E-state index in [0.29, 0.717) is 26.2 Å². The first-order chi connectivity index (χ1) is 10.1. The molecule has 0 bridgehead atoms. The zero-order valence-electron chi connectivity index (χ0n) is 12.6. The predicted octanol–water partition coefficient (Wildman–Crippen LogP) is -0.116. The Kier molecular flexibility index (Phi) is 6.25. The topological polar surface area (TPSA) is 76.1 Å². The van der Waals surface area contributed by atoms with E-state index in [0.717, 1.165) is 32.6 Å². The lowest BCUT2D eigenvalue weighted by atomic mass is 10.4. The SMILES string of the molecule is O=C(O)CN1CCCN(C(=O)NCCN2CCCC2)CC1. The first-order valence-corrected chi connectivity index (χ1v) is 7.84. The minimum atomic E-state index is -0.807. The fourth-order valence-electron chi connectivity index (χ4n) is 2.96. The highest BCUT2D eigenvalue weighted by molar-refractivity contribution is 5.74. The highest BCUT2D eigenvalue weighted by Gasteiger charge is 2.20. The van der Waals surface area contributed by atoms with E-state index in [1.165, 1.54) is 12.8 Å². The Hall–Kier alpha value is -1.34. The van der Waals surface area contributed by atoms with E-state index < -0.39 is 5.97 Å². The van der Waals surface area contributed by atoms with Crippen LogP contribution >= 0.6 is 0 Å². The molecule has 0 aromatic heterocycles. The van der Waals surface area contributed by atoms with E-state index in [4.69, 9.17) is 5.11 Å². The molecule has 2 fully saturated rings. The maximum Gasteiger partial charge on any atom is 0.317 e. The number of nitrogens with one attached hydrogen (secondary N) is 1. The van der Waals surface area contributed by atoms with Crippen LogP contribution in [0.25, 0.3) is 0 Å². The Labute approximate surface area is 125 Å². The van der Waals surface area contributed by atoms with Crippen LogP contribution in [0.4, 0.5) is 4.79 Å². The van der Waals surface area contributed by atoms with Crippen LogP contribution < -0.4 is 5.32 Å². The molecular weight excluding hydrogens is 272 g/mol. The van der Waals surface area contributed by atoms with E-state index in [1.807, 2.05) is 4.90 Å². The number of carboxylic acid groups (broad SMARTS) is 1. The van der Waals surface area contributed by atoms with Crippen molar-refractivity contribution in [3.05, 3.63) is 0 Å². The van der Waals surface area contributed by atoms with Gasteiger partial charge in [0.15, 0.2) is 0 Å². The van der Waals surface area contributed by atoms with Crippen molar-refractivity contribution in [3.8, 4) is 0 Å². The lowest BCUT2D eigenvalue weighted by molar-refractivity contribution is -0.138. The summed E-state index contributed by atoms with van der Waals surface area (Å²) in [6, 6.07) is -0.0219. The number of carboxylic acids is 1. The Morgan fingerprint density at radius 2 is 1.62 bits per heavy atom. The Balaban J connectivity index is 1.66. The van der Waals surface area contributed by atoms with E-state index in [-0.39, 0.29) is 12.6 Å². The minimum Gasteiger partial charge on any atom is -0.480 e. The summed E-state index contributed by atoms with van der Waals surface area (Å²) in [5.74, 6) is -0.807. The van der Waals surface area contributed by atoms with Gasteiger partial charge >= 0.3 is 12.0 Å². The van der Waals surface area contributed by atoms with Crippen molar-refractivity contribution in [1.29, 1.82) is 0 Å². The summed E-state index contributed by atoms with van der Waals surface area (Å²) in [5.41, 5.74) is 0. The molecule has 7 heteroatoms. The minimum absolute atomic E-state index is 0.0219. The van der Waals surface area contributed by atoms with E-state index in [9.17, 15) is 9.59 Å². The first kappa shape index (κ1) is 16.0. The van der Waals surface area contributed by atoms with Crippen LogP contribution in [0.1, 0.15) is 19.3 Å². The van der Waals surface area contributed by atoms with Gasteiger partial charge in [-0.2, -0.15) is 0 Å². The summed E-state index contributed by atoms with van der Waals surface area (Å²) in [7, 11) is 0. The highest BCUT2D eigenvalue weighted by Crippen LogP contribution is 2.06. The standard InChI is InChI=1S/C14H26N4O3/c19-13(20)12-17-7-3-8-18(11-10-17)14(21)15-4-9-16-5-1-2-6-16/h1-12H2,(H,15,21)(H,19,20). The van der Waals surface area contributed by atoms with Gasteiger partial charge in [-0.05, 0) is 32.4 Å². The Morgan fingerprint density at radius 1 is 0.905 bits per heavy atom. The molecule has 2 rings (SSSR count). The fraction of sp³-hybridized carbons (Fsp3) is 0.857. The second-order valence-electron chi connectivity index (χ2n) is 5.79. The average Bonchev–Trinajstić information content (AvgIpc) is 2.84. The van der Waals surface area contributed by atoms with Crippen LogP contribution in [0.3, 0.4) is 0 Å². The number of carbonyl (C=O) groups is 2. The molecule has 0 spiro atoms. The molecule has 120 valence electrons. The number of hydrogen-bond donors (Lipinski definition) is 2. The Bertz CT molecular complexity index is 358. The van der Waals surface area contributed by atoms with Gasteiger partial charge in [-0.25, -0.2) is 4.79 Å². The molecule has 2 amide bonds. The number of nitrogens with zero attached hydrogens (tertiary/aromatic N) is 3. The predicted molar refractivity (Wildman–Crippen MR) is 79.3 cm³/mol. The van der Waals surface area contributed by atoms with Crippen molar-refractivity contribution in [2.45, 2.75) is 19.3 Å². The number of rotatable bonds is 5. The summed E-state index contributed by atoms with van der Waals surface area (Å²) < 4.78 is 0. The molecule has 2 heterocycles. The van der Waals surface area contributed by atoms with Gasteiger partial charge in [-0.1, -0.05) is 0 Å². The summed E-state index contributed by atoms with van der Waals surface area (Å²) >= 11 is 0. The number of aliphatic carboxylic acids is 1. The molecule has 0 aromatic rings. The van der Waals surface area contributed by atoms with Gasteiger partial charge in [0.05, 0.1) is 6.54 Å². The summed E-state index contributed by atoms with van der Waals surface area (Å²) in [5, 5.41) is 11.8. The van der Waals surface area contributed by atoms with Gasteiger partial charge in [0, 0.05) is 39.3 Å². The molecule has 7 nitrogen and oxygen atoms in total. The van der Waals surface area contributed by atoms with Crippen LogP contribution in [-0.2, 0) is 4.79 Å². The van der Waals surface area contributed by atoms with Gasteiger partial charge in [0.25, 0.3) is 0 Å². The maximum atomic E-state index is 12.1. The molecule has 2 N–H and O–H groups in total. The summed E-state index contributed by atoms with van der Waals surface area (Å²) in [6.07, 6.45) is 3.35. The van der Waals surface area contributed by atoms with Crippen molar-refractivity contribution in [2.24, 2.45) is 0 Å². The molecule has 2 aliphatic heterocycles.